The van der Waals surface area contributed by atoms with Gasteiger partial charge in [-0.15, -0.1) is 6.42 Å². The highest BCUT2D eigenvalue weighted by molar-refractivity contribution is 4.86. The van der Waals surface area contributed by atoms with Crippen LogP contribution in [0, 0.1) is 12.3 Å². The van der Waals surface area contributed by atoms with E-state index in [0.717, 1.165) is 13.1 Å². The Morgan fingerprint density at radius 2 is 2.55 bits per heavy atom. The normalized spacial score (nSPS) is 9.36. The number of aromatic nitrogens is 2. The molecule has 0 saturated carbocycles. The smallest absolute Gasteiger partial charge is 0.0574 e. The molecule has 0 aliphatic rings. The fraction of sp³-hybridized carbons (Fsp3) is 0.375. The van der Waals surface area contributed by atoms with Gasteiger partial charge in [-0.25, -0.2) is 0 Å². The second-order valence-electron chi connectivity index (χ2n) is 2.15. The van der Waals surface area contributed by atoms with Crippen LogP contribution in [0.3, 0.4) is 0 Å². The summed E-state index contributed by atoms with van der Waals surface area (Å²) < 4.78 is 1.86. The van der Waals surface area contributed by atoms with Crippen LogP contribution >= 0.6 is 0 Å². The number of hydrogen-bond donors (Lipinski definition) is 1. The van der Waals surface area contributed by atoms with Gasteiger partial charge in [-0.3, -0.25) is 4.68 Å². The van der Waals surface area contributed by atoms with Gasteiger partial charge in [-0.05, 0) is 6.07 Å². The van der Waals surface area contributed by atoms with Crippen LogP contribution in [0.4, 0.5) is 0 Å². The zero-order chi connectivity index (χ0) is 7.94. The first-order chi connectivity index (χ1) is 5.43. The lowest BCUT2D eigenvalue weighted by atomic mass is 10.6. The standard InChI is InChI=1S/C8H11N3/c1-2-4-9-6-8-11-7-3-5-10-11/h1,3,5,7,9H,4,6,8H2. The molecule has 1 aromatic heterocycles. The van der Waals surface area contributed by atoms with Crippen LogP contribution < -0.4 is 5.32 Å². The Morgan fingerprint density at radius 1 is 1.64 bits per heavy atom. The number of hydrogen-bond acceptors (Lipinski definition) is 2. The third-order valence-corrected chi connectivity index (χ3v) is 1.30. The number of rotatable bonds is 4. The van der Waals surface area contributed by atoms with Crippen molar-refractivity contribution in [2.45, 2.75) is 6.54 Å². The summed E-state index contributed by atoms with van der Waals surface area (Å²) in [7, 11) is 0. The molecular weight excluding hydrogens is 138 g/mol. The summed E-state index contributed by atoms with van der Waals surface area (Å²) in [6, 6.07) is 1.90. The molecule has 3 heteroatoms. The van der Waals surface area contributed by atoms with Crippen molar-refractivity contribution in [3.05, 3.63) is 18.5 Å². The molecule has 58 valence electrons. The van der Waals surface area contributed by atoms with Crippen molar-refractivity contribution >= 4 is 0 Å². The van der Waals surface area contributed by atoms with Crippen LogP contribution in [0.5, 0.6) is 0 Å². The second kappa shape index (κ2) is 4.53. The predicted octanol–water partition coefficient (Wildman–Crippen LogP) is 0.106. The van der Waals surface area contributed by atoms with E-state index in [0.29, 0.717) is 6.54 Å². The fourth-order valence-electron chi connectivity index (χ4n) is 0.787. The second-order valence-corrected chi connectivity index (χ2v) is 2.15. The third kappa shape index (κ3) is 2.87. The predicted molar refractivity (Wildman–Crippen MR) is 43.9 cm³/mol. The maximum Gasteiger partial charge on any atom is 0.0574 e. The van der Waals surface area contributed by atoms with Gasteiger partial charge in [0, 0.05) is 18.9 Å². The molecule has 0 unspecified atom stereocenters. The zero-order valence-corrected chi connectivity index (χ0v) is 6.33. The number of nitrogens with zero attached hydrogens (tertiary/aromatic N) is 2. The molecule has 3 nitrogen and oxygen atoms in total. The van der Waals surface area contributed by atoms with Gasteiger partial charge in [-0.2, -0.15) is 5.10 Å². The summed E-state index contributed by atoms with van der Waals surface area (Å²) in [4.78, 5) is 0. The molecule has 0 aliphatic heterocycles. The van der Waals surface area contributed by atoms with Gasteiger partial charge < -0.3 is 5.32 Å². The van der Waals surface area contributed by atoms with Crippen LogP contribution in [0.25, 0.3) is 0 Å². The maximum atomic E-state index is 5.05. The van der Waals surface area contributed by atoms with Gasteiger partial charge in [0.15, 0.2) is 0 Å². The van der Waals surface area contributed by atoms with Crippen LogP contribution in [-0.4, -0.2) is 22.9 Å². The molecule has 0 spiro atoms. The summed E-state index contributed by atoms with van der Waals surface area (Å²) >= 11 is 0. The lowest BCUT2D eigenvalue weighted by Crippen LogP contribution is -2.20. The topological polar surface area (TPSA) is 29.9 Å². The maximum absolute atomic E-state index is 5.05. The van der Waals surface area contributed by atoms with Gasteiger partial charge in [0.2, 0.25) is 0 Å². The van der Waals surface area contributed by atoms with E-state index >= 15 is 0 Å². The minimum absolute atomic E-state index is 0.626. The Bertz CT molecular complexity index is 220. The van der Waals surface area contributed by atoms with Gasteiger partial charge in [0.05, 0.1) is 13.1 Å². The van der Waals surface area contributed by atoms with Crippen LogP contribution in [-0.2, 0) is 6.54 Å². The molecule has 11 heavy (non-hydrogen) atoms. The zero-order valence-electron chi connectivity index (χ0n) is 6.33. The Hall–Kier alpha value is -1.27. The first-order valence-corrected chi connectivity index (χ1v) is 3.55. The molecule has 0 fully saturated rings. The van der Waals surface area contributed by atoms with Crippen LogP contribution in [0.1, 0.15) is 0 Å². The highest BCUT2D eigenvalue weighted by Gasteiger charge is 1.87. The molecule has 1 N–H and O–H groups in total. The average molecular weight is 149 g/mol. The summed E-state index contributed by atoms with van der Waals surface area (Å²) in [5.41, 5.74) is 0. The van der Waals surface area contributed by atoms with Crippen molar-refractivity contribution < 1.29 is 0 Å². The van der Waals surface area contributed by atoms with E-state index in [2.05, 4.69) is 16.3 Å². The fourth-order valence-corrected chi connectivity index (χ4v) is 0.787. The lowest BCUT2D eigenvalue weighted by Gasteiger charge is -2.00. The van der Waals surface area contributed by atoms with Crippen LogP contribution in [0.15, 0.2) is 18.5 Å². The Kier molecular flexibility index (Phi) is 3.23. The summed E-state index contributed by atoms with van der Waals surface area (Å²) in [6.07, 6.45) is 8.75. The van der Waals surface area contributed by atoms with E-state index in [1.54, 1.807) is 6.20 Å². The van der Waals surface area contributed by atoms with Gasteiger partial charge in [0.1, 0.15) is 0 Å². The molecule has 0 saturated heterocycles. The Balaban J connectivity index is 2.10. The van der Waals surface area contributed by atoms with Gasteiger partial charge in [-0.1, -0.05) is 5.92 Å². The molecule has 1 heterocycles. The van der Waals surface area contributed by atoms with E-state index in [1.165, 1.54) is 0 Å². The van der Waals surface area contributed by atoms with Crippen molar-refractivity contribution in [1.82, 2.24) is 15.1 Å². The minimum atomic E-state index is 0.626. The SMILES string of the molecule is C#CCNCCn1cccn1. The van der Waals surface area contributed by atoms with E-state index in [-0.39, 0.29) is 0 Å². The van der Waals surface area contributed by atoms with Gasteiger partial charge in [0.25, 0.3) is 0 Å². The lowest BCUT2D eigenvalue weighted by molar-refractivity contribution is 0.575. The molecule has 0 bridgehead atoms. The van der Waals surface area contributed by atoms with E-state index in [1.807, 2.05) is 16.9 Å². The summed E-state index contributed by atoms with van der Waals surface area (Å²) in [5, 5.41) is 7.12. The average Bonchev–Trinajstić information content (AvgIpc) is 2.50. The quantitative estimate of drug-likeness (QED) is 0.486. The molecule has 1 aromatic rings. The van der Waals surface area contributed by atoms with Crippen molar-refractivity contribution in [1.29, 1.82) is 0 Å². The van der Waals surface area contributed by atoms with E-state index in [9.17, 15) is 0 Å². The molecular formula is C8H11N3. The molecule has 1 rings (SSSR count). The van der Waals surface area contributed by atoms with Crippen molar-refractivity contribution in [3.8, 4) is 12.3 Å². The molecule has 0 aromatic carbocycles. The monoisotopic (exact) mass is 149 g/mol. The largest absolute Gasteiger partial charge is 0.304 e. The molecule has 0 radical (unpaired) electrons. The molecule has 0 atom stereocenters. The minimum Gasteiger partial charge on any atom is -0.304 e. The molecule has 0 amide bonds. The van der Waals surface area contributed by atoms with Crippen molar-refractivity contribution in [2.75, 3.05) is 13.1 Å². The Morgan fingerprint density at radius 3 is 3.18 bits per heavy atom. The van der Waals surface area contributed by atoms with Crippen LogP contribution in [0.2, 0.25) is 0 Å². The van der Waals surface area contributed by atoms with E-state index in [4.69, 9.17) is 6.42 Å². The first kappa shape index (κ1) is 7.83. The summed E-state index contributed by atoms with van der Waals surface area (Å²) in [6.45, 7) is 2.36. The first-order valence-electron chi connectivity index (χ1n) is 3.55. The van der Waals surface area contributed by atoms with Gasteiger partial charge >= 0.3 is 0 Å². The highest BCUT2D eigenvalue weighted by atomic mass is 15.3. The number of terminal acetylenes is 1. The number of nitrogens with one attached hydrogen (secondary N) is 1. The summed E-state index contributed by atoms with van der Waals surface area (Å²) in [5.74, 6) is 2.51. The third-order valence-electron chi connectivity index (χ3n) is 1.30. The van der Waals surface area contributed by atoms with E-state index < -0.39 is 0 Å². The van der Waals surface area contributed by atoms with Crippen molar-refractivity contribution in [3.63, 3.8) is 0 Å². The molecule has 0 aliphatic carbocycles. The Labute approximate surface area is 66.4 Å². The highest BCUT2D eigenvalue weighted by Crippen LogP contribution is 1.81. The van der Waals surface area contributed by atoms with Crippen molar-refractivity contribution in [2.24, 2.45) is 0 Å².